The lowest BCUT2D eigenvalue weighted by Crippen LogP contribution is -2.47. The Hall–Kier alpha value is -0.470. The second-order valence-electron chi connectivity index (χ2n) is 5.44. The third kappa shape index (κ3) is 4.26. The van der Waals surface area contributed by atoms with Crippen molar-refractivity contribution in [2.45, 2.75) is 19.4 Å². The number of halogens is 1. The van der Waals surface area contributed by atoms with Gasteiger partial charge in [-0.1, -0.05) is 28.1 Å². The van der Waals surface area contributed by atoms with Gasteiger partial charge < -0.3 is 5.11 Å². The van der Waals surface area contributed by atoms with Crippen molar-refractivity contribution in [3.05, 3.63) is 34.3 Å². The summed E-state index contributed by atoms with van der Waals surface area (Å²) in [4.78, 5) is 0. The van der Waals surface area contributed by atoms with E-state index in [0.29, 0.717) is 19.6 Å². The standard InChI is InChI=1S/C14H21BrN2O3S/c1-16(9-12-4-6-14(15)7-5-12)21(19,20)17-8-2-3-13(10-17)11-18/h4-7,13,18H,2-3,8-11H2,1H3. The normalized spacial score (nSPS) is 20.9. The highest BCUT2D eigenvalue weighted by Crippen LogP contribution is 2.21. The van der Waals surface area contributed by atoms with E-state index in [-0.39, 0.29) is 12.5 Å². The predicted molar refractivity (Wildman–Crippen MR) is 85.9 cm³/mol. The number of benzene rings is 1. The average Bonchev–Trinajstić information content (AvgIpc) is 2.49. The summed E-state index contributed by atoms with van der Waals surface area (Å²) < 4.78 is 29.0. The van der Waals surface area contributed by atoms with Gasteiger partial charge in [-0.05, 0) is 36.5 Å². The van der Waals surface area contributed by atoms with Gasteiger partial charge in [0.1, 0.15) is 0 Å². The van der Waals surface area contributed by atoms with E-state index in [1.165, 1.54) is 8.61 Å². The van der Waals surface area contributed by atoms with Crippen LogP contribution in [0.4, 0.5) is 0 Å². The van der Waals surface area contributed by atoms with Gasteiger partial charge in [-0.25, -0.2) is 0 Å². The molecule has 118 valence electrons. The maximum absolute atomic E-state index is 12.6. The van der Waals surface area contributed by atoms with Crippen LogP contribution in [0.15, 0.2) is 28.7 Å². The Morgan fingerprint density at radius 1 is 1.38 bits per heavy atom. The van der Waals surface area contributed by atoms with Gasteiger partial charge in [0.25, 0.3) is 10.2 Å². The van der Waals surface area contributed by atoms with Crippen molar-refractivity contribution in [3.8, 4) is 0 Å². The molecular weight excluding hydrogens is 356 g/mol. The molecular formula is C14H21BrN2O3S. The minimum absolute atomic E-state index is 0.0441. The van der Waals surface area contributed by atoms with Crippen molar-refractivity contribution in [2.24, 2.45) is 5.92 Å². The highest BCUT2D eigenvalue weighted by Gasteiger charge is 2.31. The lowest BCUT2D eigenvalue weighted by Gasteiger charge is -2.33. The van der Waals surface area contributed by atoms with Gasteiger partial charge in [0, 0.05) is 37.8 Å². The first-order chi connectivity index (χ1) is 9.93. The fourth-order valence-electron chi connectivity index (χ4n) is 2.51. The Kier molecular flexibility index (Phi) is 5.79. The molecule has 1 fully saturated rings. The molecule has 5 nitrogen and oxygen atoms in total. The van der Waals surface area contributed by atoms with Crippen LogP contribution in [0.3, 0.4) is 0 Å². The molecule has 1 atom stereocenters. The second kappa shape index (κ2) is 7.19. The molecule has 0 saturated carbocycles. The Morgan fingerprint density at radius 3 is 2.67 bits per heavy atom. The van der Waals surface area contributed by atoms with E-state index in [1.54, 1.807) is 7.05 Å². The minimum atomic E-state index is -3.47. The molecule has 0 spiro atoms. The van der Waals surface area contributed by atoms with Gasteiger partial charge in [-0.2, -0.15) is 17.0 Å². The fraction of sp³-hybridized carbons (Fsp3) is 0.571. The molecule has 1 heterocycles. The van der Waals surface area contributed by atoms with Crippen LogP contribution in [0.1, 0.15) is 18.4 Å². The fourth-order valence-corrected chi connectivity index (χ4v) is 4.24. The highest BCUT2D eigenvalue weighted by atomic mass is 79.9. The van der Waals surface area contributed by atoms with E-state index < -0.39 is 10.2 Å². The van der Waals surface area contributed by atoms with Crippen molar-refractivity contribution >= 4 is 26.1 Å². The van der Waals surface area contributed by atoms with Gasteiger partial charge >= 0.3 is 0 Å². The number of rotatable bonds is 5. The van der Waals surface area contributed by atoms with Gasteiger partial charge in [-0.15, -0.1) is 0 Å². The zero-order valence-electron chi connectivity index (χ0n) is 12.1. The molecule has 1 unspecified atom stereocenters. The lowest BCUT2D eigenvalue weighted by molar-refractivity contribution is 0.161. The van der Waals surface area contributed by atoms with Gasteiger partial charge in [-0.3, -0.25) is 0 Å². The molecule has 0 amide bonds. The zero-order chi connectivity index (χ0) is 15.5. The Bertz CT molecular complexity index is 562. The SMILES string of the molecule is CN(Cc1ccc(Br)cc1)S(=O)(=O)N1CCCC(CO)C1. The molecule has 1 N–H and O–H groups in total. The summed E-state index contributed by atoms with van der Waals surface area (Å²) >= 11 is 3.36. The molecule has 1 aromatic carbocycles. The van der Waals surface area contributed by atoms with E-state index in [1.807, 2.05) is 24.3 Å². The minimum Gasteiger partial charge on any atom is -0.396 e. The summed E-state index contributed by atoms with van der Waals surface area (Å²) in [5.41, 5.74) is 0.944. The molecule has 21 heavy (non-hydrogen) atoms. The van der Waals surface area contributed by atoms with Gasteiger partial charge in [0.05, 0.1) is 0 Å². The van der Waals surface area contributed by atoms with Crippen molar-refractivity contribution in [1.82, 2.24) is 8.61 Å². The molecule has 7 heteroatoms. The average molecular weight is 377 g/mol. The smallest absolute Gasteiger partial charge is 0.282 e. The van der Waals surface area contributed by atoms with E-state index in [0.717, 1.165) is 22.9 Å². The molecule has 0 radical (unpaired) electrons. The third-order valence-corrected chi connectivity index (χ3v) is 6.21. The molecule has 0 aliphatic carbocycles. The van der Waals surface area contributed by atoms with Crippen LogP contribution >= 0.6 is 15.9 Å². The lowest BCUT2D eigenvalue weighted by atomic mass is 10.0. The summed E-state index contributed by atoms with van der Waals surface area (Å²) in [5.74, 6) is 0.0506. The van der Waals surface area contributed by atoms with Crippen molar-refractivity contribution in [3.63, 3.8) is 0 Å². The van der Waals surface area contributed by atoms with Crippen molar-refractivity contribution in [1.29, 1.82) is 0 Å². The Labute approximate surface area is 134 Å². The van der Waals surface area contributed by atoms with Crippen LogP contribution in [-0.2, 0) is 16.8 Å². The molecule has 1 saturated heterocycles. The van der Waals surface area contributed by atoms with Crippen LogP contribution in [0, 0.1) is 5.92 Å². The van der Waals surface area contributed by atoms with Crippen LogP contribution in [0.25, 0.3) is 0 Å². The number of hydrogen-bond donors (Lipinski definition) is 1. The first kappa shape index (κ1) is 16.9. The topological polar surface area (TPSA) is 60.9 Å². The van der Waals surface area contributed by atoms with Crippen molar-refractivity contribution in [2.75, 3.05) is 26.7 Å². The summed E-state index contributed by atoms with van der Waals surface area (Å²) in [6, 6.07) is 7.61. The first-order valence-electron chi connectivity index (χ1n) is 7.00. The summed E-state index contributed by atoms with van der Waals surface area (Å²) in [7, 11) is -1.87. The number of aliphatic hydroxyl groups excluding tert-OH is 1. The number of aliphatic hydroxyl groups is 1. The molecule has 0 aromatic heterocycles. The van der Waals surface area contributed by atoms with Crippen LogP contribution < -0.4 is 0 Å². The summed E-state index contributed by atoms with van der Waals surface area (Å²) in [6.07, 6.45) is 1.69. The summed E-state index contributed by atoms with van der Waals surface area (Å²) in [5, 5.41) is 9.23. The quantitative estimate of drug-likeness (QED) is 0.852. The van der Waals surface area contributed by atoms with E-state index >= 15 is 0 Å². The second-order valence-corrected chi connectivity index (χ2v) is 8.39. The zero-order valence-corrected chi connectivity index (χ0v) is 14.5. The van der Waals surface area contributed by atoms with E-state index in [4.69, 9.17) is 0 Å². The maximum atomic E-state index is 12.6. The van der Waals surface area contributed by atoms with Crippen LogP contribution in [0.2, 0.25) is 0 Å². The van der Waals surface area contributed by atoms with Crippen LogP contribution in [-0.4, -0.2) is 48.9 Å². The number of hydrogen-bond acceptors (Lipinski definition) is 3. The van der Waals surface area contributed by atoms with Crippen molar-refractivity contribution < 1.29 is 13.5 Å². The van der Waals surface area contributed by atoms with Gasteiger partial charge in [0.2, 0.25) is 0 Å². The predicted octanol–water partition coefficient (Wildman–Crippen LogP) is 1.83. The van der Waals surface area contributed by atoms with E-state index in [2.05, 4.69) is 15.9 Å². The summed E-state index contributed by atoms with van der Waals surface area (Å²) in [6.45, 7) is 1.32. The third-order valence-electron chi connectivity index (χ3n) is 3.78. The largest absolute Gasteiger partial charge is 0.396 e. The Morgan fingerprint density at radius 2 is 2.05 bits per heavy atom. The maximum Gasteiger partial charge on any atom is 0.282 e. The highest BCUT2D eigenvalue weighted by molar-refractivity contribution is 9.10. The number of nitrogens with zero attached hydrogens (tertiary/aromatic N) is 2. The van der Waals surface area contributed by atoms with Crippen LogP contribution in [0.5, 0.6) is 0 Å². The molecule has 0 bridgehead atoms. The molecule has 2 rings (SSSR count). The molecule has 1 aliphatic heterocycles. The number of piperidine rings is 1. The first-order valence-corrected chi connectivity index (χ1v) is 9.19. The molecule has 1 aliphatic rings. The van der Waals surface area contributed by atoms with E-state index in [9.17, 15) is 13.5 Å². The van der Waals surface area contributed by atoms with Gasteiger partial charge in [0.15, 0.2) is 0 Å². The molecule has 1 aromatic rings. The monoisotopic (exact) mass is 376 g/mol. The Balaban J connectivity index is 2.05.